The summed E-state index contributed by atoms with van der Waals surface area (Å²) in [5.41, 5.74) is 1.93. The van der Waals surface area contributed by atoms with E-state index in [1.54, 1.807) is 0 Å². The van der Waals surface area contributed by atoms with Crippen molar-refractivity contribution >= 4 is 5.95 Å². The summed E-state index contributed by atoms with van der Waals surface area (Å²) in [4.78, 5) is 19.2. The zero-order valence-corrected chi connectivity index (χ0v) is 10.6. The maximum absolute atomic E-state index is 11.8. The van der Waals surface area contributed by atoms with E-state index < -0.39 is 0 Å². The van der Waals surface area contributed by atoms with Gasteiger partial charge in [-0.1, -0.05) is 0 Å². The van der Waals surface area contributed by atoms with Gasteiger partial charge in [-0.15, -0.1) is 0 Å². The van der Waals surface area contributed by atoms with Crippen molar-refractivity contribution in [1.82, 2.24) is 15.3 Å². The van der Waals surface area contributed by atoms with E-state index >= 15 is 0 Å². The van der Waals surface area contributed by atoms with Crippen LogP contribution < -0.4 is 16.2 Å². The van der Waals surface area contributed by atoms with E-state index in [0.29, 0.717) is 11.9 Å². The van der Waals surface area contributed by atoms with Gasteiger partial charge in [0.05, 0.1) is 5.69 Å². The molecule has 0 spiro atoms. The van der Waals surface area contributed by atoms with E-state index in [2.05, 4.69) is 20.6 Å². The summed E-state index contributed by atoms with van der Waals surface area (Å²) in [7, 11) is 0. The Labute approximate surface area is 106 Å². The predicted octanol–water partition coefficient (Wildman–Crippen LogP) is 0.670. The molecule has 5 heteroatoms. The number of aromatic amines is 1. The van der Waals surface area contributed by atoms with Gasteiger partial charge in [-0.05, 0) is 51.1 Å². The van der Waals surface area contributed by atoms with Crippen molar-refractivity contribution in [2.75, 3.05) is 25.0 Å². The van der Waals surface area contributed by atoms with E-state index in [0.717, 1.165) is 50.2 Å². The van der Waals surface area contributed by atoms with E-state index in [9.17, 15) is 4.79 Å². The fourth-order valence-electron chi connectivity index (χ4n) is 2.85. The topological polar surface area (TPSA) is 69.8 Å². The number of piperidine rings is 1. The maximum atomic E-state index is 11.8. The summed E-state index contributed by atoms with van der Waals surface area (Å²) in [6.07, 6.45) is 5.28. The normalized spacial score (nSPS) is 19.8. The van der Waals surface area contributed by atoms with Gasteiger partial charge in [-0.25, -0.2) is 4.98 Å². The summed E-state index contributed by atoms with van der Waals surface area (Å²) in [6.45, 7) is 3.10. The van der Waals surface area contributed by atoms with Crippen LogP contribution in [0.5, 0.6) is 0 Å². The second kappa shape index (κ2) is 5.10. The van der Waals surface area contributed by atoms with Gasteiger partial charge in [0.1, 0.15) is 0 Å². The number of fused-ring (bicyclic) bond motifs is 1. The lowest BCUT2D eigenvalue weighted by Crippen LogP contribution is -2.31. The van der Waals surface area contributed by atoms with Gasteiger partial charge in [0.15, 0.2) is 0 Å². The van der Waals surface area contributed by atoms with E-state index in [1.807, 2.05) is 0 Å². The molecule has 3 N–H and O–H groups in total. The molecule has 0 radical (unpaired) electrons. The molecule has 1 aliphatic carbocycles. The fraction of sp³-hybridized carbons (Fsp3) is 0.692. The Kier molecular flexibility index (Phi) is 3.32. The number of hydrogen-bond donors (Lipinski definition) is 3. The van der Waals surface area contributed by atoms with Crippen LogP contribution in [0.4, 0.5) is 5.95 Å². The SMILES string of the molecule is O=c1[nH]c(NCC2CCNCC2)nc2c1CCC2. The zero-order valence-electron chi connectivity index (χ0n) is 10.6. The largest absolute Gasteiger partial charge is 0.355 e. The molecule has 0 aromatic carbocycles. The number of aryl methyl sites for hydroxylation is 1. The summed E-state index contributed by atoms with van der Waals surface area (Å²) in [6, 6.07) is 0. The average Bonchev–Trinajstić information content (AvgIpc) is 2.86. The molecule has 0 unspecified atom stereocenters. The molecule has 0 saturated carbocycles. The number of rotatable bonds is 3. The van der Waals surface area contributed by atoms with Crippen LogP contribution in [0.1, 0.15) is 30.5 Å². The van der Waals surface area contributed by atoms with Crippen LogP contribution in [0.15, 0.2) is 4.79 Å². The van der Waals surface area contributed by atoms with Crippen LogP contribution in [0.3, 0.4) is 0 Å². The van der Waals surface area contributed by atoms with Crippen molar-refractivity contribution in [3.63, 3.8) is 0 Å². The maximum Gasteiger partial charge on any atom is 0.255 e. The third-order valence-corrected chi connectivity index (χ3v) is 3.96. The first-order valence-corrected chi connectivity index (χ1v) is 6.89. The highest BCUT2D eigenvalue weighted by Gasteiger charge is 2.18. The van der Waals surface area contributed by atoms with Crippen molar-refractivity contribution in [3.8, 4) is 0 Å². The molecule has 0 atom stereocenters. The van der Waals surface area contributed by atoms with Crippen LogP contribution in [0, 0.1) is 5.92 Å². The minimum absolute atomic E-state index is 0.0466. The molecule has 1 aromatic rings. The monoisotopic (exact) mass is 248 g/mol. The van der Waals surface area contributed by atoms with Crippen molar-refractivity contribution in [2.24, 2.45) is 5.92 Å². The number of nitrogens with zero attached hydrogens (tertiary/aromatic N) is 1. The number of anilines is 1. The molecule has 1 aromatic heterocycles. The van der Waals surface area contributed by atoms with E-state index in [1.165, 1.54) is 12.8 Å². The van der Waals surface area contributed by atoms with Crippen LogP contribution >= 0.6 is 0 Å². The highest BCUT2D eigenvalue weighted by atomic mass is 16.1. The molecular weight excluding hydrogens is 228 g/mol. The highest BCUT2D eigenvalue weighted by molar-refractivity contribution is 5.32. The molecule has 1 fully saturated rings. The van der Waals surface area contributed by atoms with Gasteiger partial charge in [0, 0.05) is 12.1 Å². The molecular formula is C13H20N4O. The first-order valence-electron chi connectivity index (χ1n) is 6.89. The molecule has 2 heterocycles. The van der Waals surface area contributed by atoms with Crippen molar-refractivity contribution in [1.29, 1.82) is 0 Å². The minimum atomic E-state index is 0.0466. The van der Waals surface area contributed by atoms with Gasteiger partial charge in [0.25, 0.3) is 5.56 Å². The Bertz CT molecular complexity index is 476. The van der Waals surface area contributed by atoms with Gasteiger partial charge in [-0.2, -0.15) is 0 Å². The Balaban J connectivity index is 1.66. The smallest absolute Gasteiger partial charge is 0.255 e. The lowest BCUT2D eigenvalue weighted by atomic mass is 9.98. The molecule has 5 nitrogen and oxygen atoms in total. The third-order valence-electron chi connectivity index (χ3n) is 3.96. The standard InChI is InChI=1S/C13H20N4O/c18-12-10-2-1-3-11(10)16-13(17-12)15-8-9-4-6-14-7-5-9/h9,14H,1-8H2,(H2,15,16,17,18). The summed E-state index contributed by atoms with van der Waals surface area (Å²) < 4.78 is 0. The molecule has 2 aliphatic rings. The molecule has 0 bridgehead atoms. The summed E-state index contributed by atoms with van der Waals surface area (Å²) in [5.74, 6) is 1.34. The number of H-pyrrole nitrogens is 1. The van der Waals surface area contributed by atoms with Crippen molar-refractivity contribution in [2.45, 2.75) is 32.1 Å². The minimum Gasteiger partial charge on any atom is -0.355 e. The first kappa shape index (κ1) is 11.7. The van der Waals surface area contributed by atoms with Crippen molar-refractivity contribution < 1.29 is 0 Å². The number of nitrogens with one attached hydrogen (secondary N) is 3. The Morgan fingerprint density at radius 3 is 2.94 bits per heavy atom. The van der Waals surface area contributed by atoms with Crippen LogP contribution in [0.2, 0.25) is 0 Å². The second-order valence-electron chi connectivity index (χ2n) is 5.27. The molecule has 1 saturated heterocycles. The van der Waals surface area contributed by atoms with E-state index in [-0.39, 0.29) is 5.56 Å². The average molecular weight is 248 g/mol. The highest BCUT2D eigenvalue weighted by Crippen LogP contribution is 2.17. The van der Waals surface area contributed by atoms with Crippen molar-refractivity contribution in [3.05, 3.63) is 21.6 Å². The quantitative estimate of drug-likeness (QED) is 0.735. The summed E-state index contributed by atoms with van der Waals surface area (Å²) in [5, 5.41) is 6.65. The zero-order chi connectivity index (χ0) is 12.4. The molecule has 18 heavy (non-hydrogen) atoms. The van der Waals surface area contributed by atoms with Crippen LogP contribution in [-0.2, 0) is 12.8 Å². The van der Waals surface area contributed by atoms with Gasteiger partial charge >= 0.3 is 0 Å². The van der Waals surface area contributed by atoms with Gasteiger partial charge < -0.3 is 10.6 Å². The fourth-order valence-corrected chi connectivity index (χ4v) is 2.85. The second-order valence-corrected chi connectivity index (χ2v) is 5.27. The lowest BCUT2D eigenvalue weighted by Gasteiger charge is -2.22. The number of aromatic nitrogens is 2. The first-order chi connectivity index (χ1) is 8.83. The Morgan fingerprint density at radius 2 is 2.11 bits per heavy atom. The Morgan fingerprint density at radius 1 is 1.28 bits per heavy atom. The lowest BCUT2D eigenvalue weighted by molar-refractivity contribution is 0.389. The van der Waals surface area contributed by atoms with Gasteiger partial charge in [-0.3, -0.25) is 9.78 Å². The van der Waals surface area contributed by atoms with Crippen LogP contribution in [0.25, 0.3) is 0 Å². The number of hydrogen-bond acceptors (Lipinski definition) is 4. The van der Waals surface area contributed by atoms with Gasteiger partial charge in [0.2, 0.25) is 5.95 Å². The molecule has 1 aliphatic heterocycles. The van der Waals surface area contributed by atoms with E-state index in [4.69, 9.17) is 0 Å². The van der Waals surface area contributed by atoms with Crippen LogP contribution in [-0.4, -0.2) is 29.6 Å². The molecule has 98 valence electrons. The predicted molar refractivity (Wildman–Crippen MR) is 71.0 cm³/mol. The Hall–Kier alpha value is -1.36. The molecule has 0 amide bonds. The molecule has 3 rings (SSSR count). The third kappa shape index (κ3) is 2.41. The summed E-state index contributed by atoms with van der Waals surface area (Å²) >= 11 is 0.